The summed E-state index contributed by atoms with van der Waals surface area (Å²) < 4.78 is 5.88. The van der Waals surface area contributed by atoms with Crippen molar-refractivity contribution >= 4 is 41.5 Å². The van der Waals surface area contributed by atoms with Gasteiger partial charge in [-0.25, -0.2) is 0 Å². The van der Waals surface area contributed by atoms with Crippen molar-refractivity contribution in [1.29, 1.82) is 0 Å². The highest BCUT2D eigenvalue weighted by Crippen LogP contribution is 2.33. The molecule has 0 spiro atoms. The van der Waals surface area contributed by atoms with Crippen molar-refractivity contribution in [2.75, 3.05) is 26.2 Å². The van der Waals surface area contributed by atoms with Crippen molar-refractivity contribution in [3.05, 3.63) is 33.8 Å². The van der Waals surface area contributed by atoms with Crippen molar-refractivity contribution < 1.29 is 14.6 Å². The Morgan fingerprint density at radius 1 is 1.42 bits per heavy atom. The van der Waals surface area contributed by atoms with Crippen LogP contribution in [0.4, 0.5) is 0 Å². The van der Waals surface area contributed by atoms with Crippen molar-refractivity contribution in [2.24, 2.45) is 11.7 Å². The van der Waals surface area contributed by atoms with Gasteiger partial charge in [-0.3, -0.25) is 9.69 Å². The number of hydrogen-bond acceptors (Lipinski definition) is 4. The average molecular weight is 398 g/mol. The minimum atomic E-state index is -0.856. The number of rotatable bonds is 4. The fourth-order valence-electron chi connectivity index (χ4n) is 2.84. The van der Waals surface area contributed by atoms with Gasteiger partial charge in [0.05, 0.1) is 34.3 Å². The lowest BCUT2D eigenvalue weighted by atomic mass is 9.94. The van der Waals surface area contributed by atoms with E-state index in [0.717, 1.165) is 5.56 Å². The Labute approximate surface area is 158 Å². The predicted molar refractivity (Wildman–Crippen MR) is 97.8 cm³/mol. The van der Waals surface area contributed by atoms with Gasteiger partial charge in [-0.2, -0.15) is 0 Å². The quantitative estimate of drug-likeness (QED) is 0.819. The van der Waals surface area contributed by atoms with Gasteiger partial charge in [0.2, 0.25) is 5.91 Å². The summed E-state index contributed by atoms with van der Waals surface area (Å²) in [5, 5.41) is 10.9. The van der Waals surface area contributed by atoms with Gasteiger partial charge in [0.25, 0.3) is 0 Å². The topological polar surface area (TPSA) is 75.8 Å². The first-order valence-electron chi connectivity index (χ1n) is 7.48. The SMILES string of the molecule is CC(C)(O)CN1CCO[C@@H](c2ccc(Cl)c(Cl)c2)[C@H](C(N)=O)C1.Cl. The molecular weight excluding hydrogens is 375 g/mol. The van der Waals surface area contributed by atoms with E-state index in [0.29, 0.717) is 36.3 Å². The van der Waals surface area contributed by atoms with Crippen LogP contribution in [-0.2, 0) is 9.53 Å². The summed E-state index contributed by atoms with van der Waals surface area (Å²) in [5.41, 5.74) is 5.51. The smallest absolute Gasteiger partial charge is 0.224 e. The summed E-state index contributed by atoms with van der Waals surface area (Å²) >= 11 is 12.0. The monoisotopic (exact) mass is 396 g/mol. The second kappa shape index (κ2) is 8.70. The minimum Gasteiger partial charge on any atom is -0.389 e. The summed E-state index contributed by atoms with van der Waals surface area (Å²) in [4.78, 5) is 13.9. The molecule has 0 unspecified atom stereocenters. The van der Waals surface area contributed by atoms with Gasteiger partial charge in [-0.15, -0.1) is 12.4 Å². The molecule has 1 fully saturated rings. The molecule has 0 radical (unpaired) electrons. The van der Waals surface area contributed by atoms with Crippen molar-refractivity contribution in [3.63, 3.8) is 0 Å². The van der Waals surface area contributed by atoms with Crippen LogP contribution in [0.15, 0.2) is 18.2 Å². The first kappa shape index (κ1) is 21.5. The Balaban J connectivity index is 0.00000288. The van der Waals surface area contributed by atoms with Crippen LogP contribution in [0.25, 0.3) is 0 Å². The maximum atomic E-state index is 11.9. The zero-order valence-electron chi connectivity index (χ0n) is 13.7. The summed E-state index contributed by atoms with van der Waals surface area (Å²) in [6, 6.07) is 5.18. The van der Waals surface area contributed by atoms with Gasteiger partial charge >= 0.3 is 0 Å². The predicted octanol–water partition coefficient (Wildman–Crippen LogP) is 2.66. The minimum absolute atomic E-state index is 0. The Hall–Kier alpha value is -0.560. The number of carbonyl (C=O) groups is 1. The lowest BCUT2D eigenvalue weighted by Gasteiger charge is -2.29. The molecule has 2 atom stereocenters. The lowest BCUT2D eigenvalue weighted by molar-refractivity contribution is -0.126. The van der Waals surface area contributed by atoms with Crippen LogP contribution < -0.4 is 5.73 Å². The second-order valence-corrected chi connectivity index (χ2v) is 7.34. The van der Waals surface area contributed by atoms with E-state index in [9.17, 15) is 9.90 Å². The zero-order chi connectivity index (χ0) is 17.2. The number of amides is 1. The van der Waals surface area contributed by atoms with Crippen molar-refractivity contribution in [3.8, 4) is 0 Å². The first-order chi connectivity index (χ1) is 10.7. The highest BCUT2D eigenvalue weighted by Gasteiger charge is 2.34. The Morgan fingerprint density at radius 2 is 2.08 bits per heavy atom. The van der Waals surface area contributed by atoms with Crippen molar-refractivity contribution in [2.45, 2.75) is 25.6 Å². The Kier molecular flexibility index (Phi) is 7.78. The van der Waals surface area contributed by atoms with E-state index in [4.69, 9.17) is 33.7 Å². The third-order valence-electron chi connectivity index (χ3n) is 3.77. The van der Waals surface area contributed by atoms with Gasteiger partial charge < -0.3 is 15.6 Å². The molecule has 1 aliphatic rings. The maximum absolute atomic E-state index is 11.9. The number of nitrogens with zero attached hydrogens (tertiary/aromatic N) is 1. The van der Waals surface area contributed by atoms with Gasteiger partial charge in [0.15, 0.2) is 0 Å². The number of primary amides is 1. The third-order valence-corrected chi connectivity index (χ3v) is 4.51. The molecule has 3 N–H and O–H groups in total. The van der Waals surface area contributed by atoms with Crippen molar-refractivity contribution in [1.82, 2.24) is 4.90 Å². The van der Waals surface area contributed by atoms with E-state index in [1.54, 1.807) is 32.0 Å². The molecule has 2 rings (SSSR count). The van der Waals surface area contributed by atoms with Gasteiger partial charge in [-0.1, -0.05) is 29.3 Å². The molecule has 24 heavy (non-hydrogen) atoms. The number of carbonyl (C=O) groups excluding carboxylic acids is 1. The number of β-amino-alcohol motifs (C(OH)–C–C–N with tert-alkyl or cyclic N) is 1. The summed E-state index contributed by atoms with van der Waals surface area (Å²) in [6.07, 6.45) is -0.478. The molecular formula is C16H23Cl3N2O3. The number of nitrogens with two attached hydrogens (primary N) is 1. The van der Waals surface area contributed by atoms with E-state index < -0.39 is 23.5 Å². The van der Waals surface area contributed by atoms with Crippen LogP contribution in [0.1, 0.15) is 25.5 Å². The lowest BCUT2D eigenvalue weighted by Crippen LogP contribution is -2.44. The van der Waals surface area contributed by atoms with E-state index in [1.807, 2.05) is 4.90 Å². The van der Waals surface area contributed by atoms with Crippen LogP contribution >= 0.6 is 35.6 Å². The van der Waals surface area contributed by atoms with Gasteiger partial charge in [-0.05, 0) is 31.5 Å². The molecule has 0 saturated carbocycles. The molecule has 1 saturated heterocycles. The molecule has 1 aromatic carbocycles. The van der Waals surface area contributed by atoms with Crippen LogP contribution in [0.3, 0.4) is 0 Å². The van der Waals surface area contributed by atoms with Crippen LogP contribution in [0.2, 0.25) is 10.0 Å². The molecule has 8 heteroatoms. The normalized spacial score (nSPS) is 22.5. The standard InChI is InChI=1S/C16H22Cl2N2O3.ClH/c1-16(2,22)9-20-5-6-23-14(11(8-20)15(19)21)10-3-4-12(17)13(18)7-10;/h3-4,7,11,14,22H,5-6,8-9H2,1-2H3,(H2,19,21);1H/t11-,14+;/m1./s1. The van der Waals surface area contributed by atoms with E-state index in [2.05, 4.69) is 0 Å². The number of benzene rings is 1. The number of aliphatic hydroxyl groups is 1. The van der Waals surface area contributed by atoms with Crippen LogP contribution in [-0.4, -0.2) is 47.8 Å². The number of ether oxygens (including phenoxy) is 1. The van der Waals surface area contributed by atoms with E-state index in [1.165, 1.54) is 0 Å². The van der Waals surface area contributed by atoms with Crippen LogP contribution in [0.5, 0.6) is 0 Å². The Bertz CT molecular complexity index is 578. The first-order valence-corrected chi connectivity index (χ1v) is 8.23. The van der Waals surface area contributed by atoms with Gasteiger partial charge in [0, 0.05) is 19.6 Å². The molecule has 136 valence electrons. The maximum Gasteiger partial charge on any atom is 0.224 e. The molecule has 1 heterocycles. The summed E-state index contributed by atoms with van der Waals surface area (Å²) in [6.45, 7) is 5.37. The molecule has 5 nitrogen and oxygen atoms in total. The number of hydrogen-bond donors (Lipinski definition) is 2. The highest BCUT2D eigenvalue weighted by molar-refractivity contribution is 6.42. The molecule has 0 aliphatic carbocycles. The van der Waals surface area contributed by atoms with E-state index in [-0.39, 0.29) is 12.4 Å². The Morgan fingerprint density at radius 3 is 2.62 bits per heavy atom. The molecule has 1 aromatic rings. The average Bonchev–Trinajstić information content (AvgIpc) is 2.62. The zero-order valence-corrected chi connectivity index (χ0v) is 16.0. The molecule has 0 aromatic heterocycles. The molecule has 0 bridgehead atoms. The molecule has 1 amide bonds. The fourth-order valence-corrected chi connectivity index (χ4v) is 3.14. The second-order valence-electron chi connectivity index (χ2n) is 6.52. The summed E-state index contributed by atoms with van der Waals surface area (Å²) in [7, 11) is 0. The summed E-state index contributed by atoms with van der Waals surface area (Å²) in [5.74, 6) is -0.971. The van der Waals surface area contributed by atoms with E-state index >= 15 is 0 Å². The van der Waals surface area contributed by atoms with Crippen LogP contribution in [0, 0.1) is 5.92 Å². The number of halogens is 3. The largest absolute Gasteiger partial charge is 0.389 e. The molecule has 1 aliphatic heterocycles. The van der Waals surface area contributed by atoms with Gasteiger partial charge in [0.1, 0.15) is 0 Å². The highest BCUT2D eigenvalue weighted by atomic mass is 35.5. The third kappa shape index (κ3) is 5.76. The fraction of sp³-hybridized carbons (Fsp3) is 0.562.